The molecule has 0 fully saturated rings. The lowest BCUT2D eigenvalue weighted by Gasteiger charge is -2.16. The van der Waals surface area contributed by atoms with Gasteiger partial charge < -0.3 is 15.8 Å². The molecule has 0 aliphatic rings. The monoisotopic (exact) mass is 314 g/mol. The average Bonchev–Trinajstić information content (AvgIpc) is 2.40. The van der Waals surface area contributed by atoms with Gasteiger partial charge >= 0.3 is 0 Å². The third-order valence-corrected chi connectivity index (χ3v) is 3.25. The highest BCUT2D eigenvalue weighted by Crippen LogP contribution is 2.26. The lowest BCUT2D eigenvalue weighted by atomic mass is 10.2. The Morgan fingerprint density at radius 1 is 1.55 bits per heavy atom. The minimum absolute atomic E-state index is 0.159. The van der Waals surface area contributed by atoms with E-state index in [4.69, 9.17) is 34.3 Å². The number of rotatable bonds is 7. The first kappa shape index (κ1) is 16.7. The number of nitrogens with one attached hydrogen (secondary N) is 1. The maximum atomic E-state index is 11.8. The summed E-state index contributed by atoms with van der Waals surface area (Å²) in [6.07, 6.45) is 1.36. The van der Waals surface area contributed by atoms with Gasteiger partial charge in [-0.1, -0.05) is 37.2 Å². The Bertz CT molecular complexity index is 494. The molecule has 1 aromatic carbocycles. The van der Waals surface area contributed by atoms with Gasteiger partial charge in [0.2, 0.25) is 0 Å². The van der Waals surface area contributed by atoms with Crippen LogP contribution in [0.1, 0.15) is 32.3 Å². The van der Waals surface area contributed by atoms with Crippen molar-refractivity contribution in [3.8, 4) is 5.75 Å². The molecule has 20 heavy (non-hydrogen) atoms. The fourth-order valence-corrected chi connectivity index (χ4v) is 1.88. The normalized spacial score (nSPS) is 11.8. The van der Waals surface area contributed by atoms with E-state index < -0.39 is 6.10 Å². The Morgan fingerprint density at radius 3 is 2.80 bits per heavy atom. The zero-order valence-corrected chi connectivity index (χ0v) is 13.2. The number of hydrogen-bond donors (Lipinski definition) is 2. The molecule has 1 aromatic rings. The zero-order valence-electron chi connectivity index (χ0n) is 11.6. The third-order valence-electron chi connectivity index (χ3n) is 2.72. The molecule has 0 bridgehead atoms. The minimum atomic E-state index is -0.611. The molecule has 6 heteroatoms. The Kier molecular flexibility index (Phi) is 6.75. The molecule has 0 saturated heterocycles. The minimum Gasteiger partial charge on any atom is -0.479 e. The van der Waals surface area contributed by atoms with Crippen LogP contribution < -0.4 is 15.8 Å². The smallest absolute Gasteiger partial charge is 0.260 e. The fourth-order valence-electron chi connectivity index (χ4n) is 1.53. The van der Waals surface area contributed by atoms with Crippen LogP contribution in [0.15, 0.2) is 18.2 Å². The van der Waals surface area contributed by atoms with E-state index in [0.29, 0.717) is 22.9 Å². The highest BCUT2D eigenvalue weighted by molar-refractivity contribution is 7.80. The van der Waals surface area contributed by atoms with Crippen LogP contribution in [0.2, 0.25) is 5.02 Å². The first-order valence-electron chi connectivity index (χ1n) is 6.49. The summed E-state index contributed by atoms with van der Waals surface area (Å²) >= 11 is 10.9. The molecule has 1 unspecified atom stereocenters. The third kappa shape index (κ3) is 4.98. The molecule has 0 saturated carbocycles. The Balaban J connectivity index is 2.63. The number of unbranched alkanes of at least 4 members (excludes halogenated alkanes) is 1. The van der Waals surface area contributed by atoms with Gasteiger partial charge in [-0.15, -0.1) is 0 Å². The lowest BCUT2D eigenvalue weighted by molar-refractivity contribution is -0.127. The van der Waals surface area contributed by atoms with Crippen LogP contribution in [0.3, 0.4) is 0 Å². The van der Waals surface area contributed by atoms with E-state index in [9.17, 15) is 4.79 Å². The van der Waals surface area contributed by atoms with E-state index in [1.807, 2.05) is 0 Å². The number of benzene rings is 1. The summed E-state index contributed by atoms with van der Waals surface area (Å²) in [5, 5.41) is 3.18. The Labute approximate surface area is 129 Å². The highest BCUT2D eigenvalue weighted by Gasteiger charge is 2.15. The van der Waals surface area contributed by atoms with Crippen molar-refractivity contribution in [3.05, 3.63) is 28.8 Å². The van der Waals surface area contributed by atoms with Gasteiger partial charge in [-0.05, 0) is 31.5 Å². The number of hydrogen-bond acceptors (Lipinski definition) is 3. The van der Waals surface area contributed by atoms with Crippen molar-refractivity contribution >= 4 is 34.7 Å². The maximum absolute atomic E-state index is 11.8. The summed E-state index contributed by atoms with van der Waals surface area (Å²) in [5.74, 6) is 0.276. The molecular weight excluding hydrogens is 296 g/mol. The van der Waals surface area contributed by atoms with E-state index in [-0.39, 0.29) is 10.9 Å². The van der Waals surface area contributed by atoms with E-state index in [0.717, 1.165) is 12.8 Å². The Morgan fingerprint density at radius 2 is 2.25 bits per heavy atom. The molecule has 110 valence electrons. The molecule has 0 radical (unpaired) electrons. The molecule has 1 atom stereocenters. The summed E-state index contributed by atoms with van der Waals surface area (Å²) < 4.78 is 5.54. The van der Waals surface area contributed by atoms with Crippen molar-refractivity contribution in [1.82, 2.24) is 5.32 Å². The van der Waals surface area contributed by atoms with Crippen molar-refractivity contribution in [1.29, 1.82) is 0 Å². The molecule has 0 aromatic heterocycles. The number of amides is 1. The second kappa shape index (κ2) is 8.07. The topological polar surface area (TPSA) is 64.3 Å². The quantitative estimate of drug-likeness (QED) is 0.600. The van der Waals surface area contributed by atoms with Gasteiger partial charge in [0.1, 0.15) is 10.7 Å². The predicted molar refractivity (Wildman–Crippen MR) is 85.3 cm³/mol. The summed E-state index contributed by atoms with van der Waals surface area (Å²) in [5.41, 5.74) is 6.18. The second-order valence-electron chi connectivity index (χ2n) is 4.41. The molecular formula is C14H19ClN2O2S. The maximum Gasteiger partial charge on any atom is 0.260 e. The van der Waals surface area contributed by atoms with Gasteiger partial charge in [-0.3, -0.25) is 4.79 Å². The van der Waals surface area contributed by atoms with Crippen LogP contribution in [0, 0.1) is 0 Å². The number of thiocarbonyl (C=S) groups is 1. The van der Waals surface area contributed by atoms with E-state index in [1.165, 1.54) is 0 Å². The van der Waals surface area contributed by atoms with E-state index >= 15 is 0 Å². The number of halogens is 1. The molecule has 0 aliphatic carbocycles. The number of ether oxygens (including phenoxy) is 1. The van der Waals surface area contributed by atoms with E-state index in [2.05, 4.69) is 12.2 Å². The summed E-state index contributed by atoms with van der Waals surface area (Å²) in [7, 11) is 0. The second-order valence-corrected chi connectivity index (χ2v) is 5.26. The van der Waals surface area contributed by atoms with Crippen LogP contribution >= 0.6 is 23.8 Å². The van der Waals surface area contributed by atoms with E-state index in [1.54, 1.807) is 25.1 Å². The number of nitrogens with two attached hydrogens (primary N) is 1. The van der Waals surface area contributed by atoms with Crippen molar-refractivity contribution in [2.75, 3.05) is 6.54 Å². The van der Waals surface area contributed by atoms with Crippen molar-refractivity contribution in [3.63, 3.8) is 0 Å². The summed E-state index contributed by atoms with van der Waals surface area (Å²) in [6, 6.07) is 5.00. The standard InChI is InChI=1S/C14H19ClN2O2S/c1-3-4-7-17-14(18)9(2)19-12-6-5-10(13(16)20)8-11(12)15/h5-6,8-9H,3-4,7H2,1-2H3,(H2,16,20)(H,17,18). The van der Waals surface area contributed by atoms with Crippen LogP contribution in [0.4, 0.5) is 0 Å². The highest BCUT2D eigenvalue weighted by atomic mass is 35.5. The Hall–Kier alpha value is -1.33. The lowest BCUT2D eigenvalue weighted by Crippen LogP contribution is -2.36. The van der Waals surface area contributed by atoms with Gasteiger partial charge in [-0.25, -0.2) is 0 Å². The molecule has 0 heterocycles. The van der Waals surface area contributed by atoms with Crippen LogP contribution in [0.5, 0.6) is 5.75 Å². The van der Waals surface area contributed by atoms with Crippen LogP contribution in [-0.2, 0) is 4.79 Å². The predicted octanol–water partition coefficient (Wildman–Crippen LogP) is 2.66. The summed E-state index contributed by atoms with van der Waals surface area (Å²) in [4.78, 5) is 12.1. The molecule has 3 N–H and O–H groups in total. The molecule has 0 spiro atoms. The van der Waals surface area contributed by atoms with Gasteiger partial charge in [0, 0.05) is 12.1 Å². The molecule has 1 rings (SSSR count). The molecule has 1 amide bonds. The summed E-state index contributed by atoms with van der Waals surface area (Å²) in [6.45, 7) is 4.39. The fraction of sp³-hybridized carbons (Fsp3) is 0.429. The SMILES string of the molecule is CCCCNC(=O)C(C)Oc1ccc(C(N)=S)cc1Cl. The molecule has 4 nitrogen and oxygen atoms in total. The van der Waals surface area contributed by atoms with Gasteiger partial charge in [0.25, 0.3) is 5.91 Å². The van der Waals surface area contributed by atoms with Gasteiger partial charge in [0.15, 0.2) is 6.10 Å². The molecule has 0 aliphatic heterocycles. The first-order valence-corrected chi connectivity index (χ1v) is 7.28. The largest absolute Gasteiger partial charge is 0.479 e. The average molecular weight is 315 g/mol. The van der Waals surface area contributed by atoms with Crippen molar-refractivity contribution in [2.45, 2.75) is 32.8 Å². The number of carbonyl (C=O) groups is 1. The number of carbonyl (C=O) groups excluding carboxylic acids is 1. The van der Waals surface area contributed by atoms with Crippen molar-refractivity contribution < 1.29 is 9.53 Å². The van der Waals surface area contributed by atoms with Crippen LogP contribution in [-0.4, -0.2) is 23.5 Å². The van der Waals surface area contributed by atoms with Gasteiger partial charge in [0.05, 0.1) is 5.02 Å². The first-order chi connectivity index (χ1) is 9.45. The zero-order chi connectivity index (χ0) is 15.1. The van der Waals surface area contributed by atoms with Crippen molar-refractivity contribution in [2.24, 2.45) is 5.73 Å². The van der Waals surface area contributed by atoms with Gasteiger partial charge in [-0.2, -0.15) is 0 Å². The van der Waals surface area contributed by atoms with Crippen LogP contribution in [0.25, 0.3) is 0 Å².